The first kappa shape index (κ1) is 25.9. The normalized spacial score (nSPS) is 24.3. The largest absolute Gasteiger partial charge is 0.497 e. The molecule has 7 nitrogen and oxygen atoms in total. The lowest BCUT2D eigenvalue weighted by Gasteiger charge is -2.38. The van der Waals surface area contributed by atoms with Crippen molar-refractivity contribution >= 4 is 34.9 Å². The molecule has 3 aliphatic rings. The summed E-state index contributed by atoms with van der Waals surface area (Å²) in [4.78, 5) is 45.9. The van der Waals surface area contributed by atoms with E-state index in [0.717, 1.165) is 11.3 Å². The van der Waals surface area contributed by atoms with Crippen LogP contribution >= 0.6 is 0 Å². The molecule has 1 spiro atoms. The van der Waals surface area contributed by atoms with Gasteiger partial charge in [-0.3, -0.25) is 14.4 Å². The van der Waals surface area contributed by atoms with Crippen molar-refractivity contribution in [3.63, 3.8) is 0 Å². The molecular weight excluding hydrogens is 504 g/mol. The van der Waals surface area contributed by atoms with Gasteiger partial charge in [-0.15, -0.1) is 0 Å². The van der Waals surface area contributed by atoms with Crippen molar-refractivity contribution in [1.29, 1.82) is 0 Å². The summed E-state index contributed by atoms with van der Waals surface area (Å²) in [6.45, 7) is 5.58. The zero-order chi connectivity index (χ0) is 28.4. The zero-order valence-electron chi connectivity index (χ0n) is 23.2. The van der Waals surface area contributed by atoms with E-state index in [0.29, 0.717) is 22.7 Å². The summed E-state index contributed by atoms with van der Waals surface area (Å²) in [6, 6.07) is 18.8. The first-order valence-corrected chi connectivity index (χ1v) is 13.4. The molecule has 1 fully saturated rings. The lowest BCUT2D eigenvalue weighted by atomic mass is 9.63. The highest BCUT2D eigenvalue weighted by atomic mass is 16.5. The molecule has 3 aliphatic heterocycles. The van der Waals surface area contributed by atoms with E-state index < -0.39 is 28.8 Å². The molecule has 204 valence electrons. The van der Waals surface area contributed by atoms with E-state index >= 15 is 0 Å². The van der Waals surface area contributed by atoms with E-state index in [1.165, 1.54) is 14.2 Å². The second-order valence-electron chi connectivity index (χ2n) is 11.6. The third-order valence-electron chi connectivity index (χ3n) is 8.50. The summed E-state index contributed by atoms with van der Waals surface area (Å²) in [5, 5.41) is 3.05. The molecule has 0 saturated carbocycles. The van der Waals surface area contributed by atoms with Gasteiger partial charge in [0.25, 0.3) is 0 Å². The summed E-state index contributed by atoms with van der Waals surface area (Å²) >= 11 is 0. The fourth-order valence-electron chi connectivity index (χ4n) is 6.74. The topological polar surface area (TPSA) is 84.9 Å². The van der Waals surface area contributed by atoms with Crippen LogP contribution in [0.2, 0.25) is 0 Å². The average Bonchev–Trinajstić information content (AvgIpc) is 3.43. The molecule has 3 aromatic rings. The molecule has 0 unspecified atom stereocenters. The summed E-state index contributed by atoms with van der Waals surface area (Å²) in [7, 11) is 3.03. The van der Waals surface area contributed by atoms with Crippen molar-refractivity contribution in [2.75, 3.05) is 24.4 Å². The number of amides is 1. The molecular formula is C33H32N2O5. The Hall–Kier alpha value is -4.39. The first-order valence-electron chi connectivity index (χ1n) is 13.4. The Balaban J connectivity index is 1.69. The summed E-state index contributed by atoms with van der Waals surface area (Å²) in [5.41, 5.74) is 1.23. The lowest BCUT2D eigenvalue weighted by Crippen LogP contribution is -2.51. The van der Waals surface area contributed by atoms with Gasteiger partial charge in [-0.1, -0.05) is 69.3 Å². The lowest BCUT2D eigenvalue weighted by molar-refractivity contribution is -0.128. The van der Waals surface area contributed by atoms with Gasteiger partial charge in [-0.05, 0) is 41.5 Å². The summed E-state index contributed by atoms with van der Waals surface area (Å²) < 4.78 is 11.1. The number of nitrogens with one attached hydrogen (secondary N) is 1. The molecule has 3 aromatic carbocycles. The number of ketones is 2. The van der Waals surface area contributed by atoms with E-state index in [9.17, 15) is 14.4 Å². The molecule has 0 aromatic heterocycles. The molecule has 1 amide bonds. The Morgan fingerprint density at radius 3 is 2.40 bits per heavy atom. The molecule has 0 aliphatic carbocycles. The second kappa shape index (κ2) is 9.08. The van der Waals surface area contributed by atoms with Crippen molar-refractivity contribution in [2.45, 2.75) is 38.3 Å². The molecule has 3 heterocycles. The standard InChI is InChI=1S/C33H32N2O5/c1-32(2,3)30(37)28-27(29(36)21-18-20(39-4)15-16-25(21)40-5)33(22-11-7-8-12-23(22)34-31(33)38)26-17-14-19-10-6-9-13-24(19)35(26)28/h6-18,26-28H,1-5H3,(H,34,38)/t26-,27-,28+,33-/m1/s1. The van der Waals surface area contributed by atoms with Gasteiger partial charge in [0.05, 0.1) is 31.7 Å². The maximum atomic E-state index is 15.0. The number of hydrogen-bond acceptors (Lipinski definition) is 6. The number of rotatable bonds is 5. The number of benzene rings is 3. The van der Waals surface area contributed by atoms with Crippen molar-refractivity contribution < 1.29 is 23.9 Å². The van der Waals surface area contributed by atoms with Gasteiger partial charge < -0.3 is 19.7 Å². The van der Waals surface area contributed by atoms with Crippen LogP contribution in [0.25, 0.3) is 6.08 Å². The highest BCUT2D eigenvalue weighted by Crippen LogP contribution is 2.58. The number of nitrogens with zero attached hydrogens (tertiary/aromatic N) is 1. The molecule has 4 atom stereocenters. The number of carbonyl (C=O) groups excluding carboxylic acids is 3. The Labute approximate surface area is 233 Å². The predicted molar refractivity (Wildman–Crippen MR) is 154 cm³/mol. The van der Waals surface area contributed by atoms with Gasteiger partial charge in [0.2, 0.25) is 5.91 Å². The molecule has 7 heteroatoms. The van der Waals surface area contributed by atoms with Crippen LogP contribution in [0.5, 0.6) is 11.5 Å². The maximum Gasteiger partial charge on any atom is 0.238 e. The smallest absolute Gasteiger partial charge is 0.238 e. The van der Waals surface area contributed by atoms with Crippen LogP contribution in [0.15, 0.2) is 72.8 Å². The first-order chi connectivity index (χ1) is 19.1. The fourth-order valence-corrected chi connectivity index (χ4v) is 6.74. The summed E-state index contributed by atoms with van der Waals surface area (Å²) in [5.74, 6) is -0.964. The van der Waals surface area contributed by atoms with E-state index in [2.05, 4.69) is 5.32 Å². The molecule has 6 rings (SSSR count). The van der Waals surface area contributed by atoms with Crippen LogP contribution < -0.4 is 19.7 Å². The third-order valence-corrected chi connectivity index (χ3v) is 8.50. The second-order valence-corrected chi connectivity index (χ2v) is 11.6. The number of fused-ring (bicyclic) bond motifs is 6. The number of hydrogen-bond donors (Lipinski definition) is 1. The number of carbonyl (C=O) groups is 3. The quantitative estimate of drug-likeness (QED) is 0.446. The molecule has 40 heavy (non-hydrogen) atoms. The van der Waals surface area contributed by atoms with Gasteiger partial charge in [0.15, 0.2) is 11.6 Å². The predicted octanol–water partition coefficient (Wildman–Crippen LogP) is 5.29. The van der Waals surface area contributed by atoms with Gasteiger partial charge in [-0.2, -0.15) is 0 Å². The van der Waals surface area contributed by atoms with Crippen LogP contribution in [0.4, 0.5) is 11.4 Å². The van der Waals surface area contributed by atoms with Crippen LogP contribution in [0, 0.1) is 11.3 Å². The average molecular weight is 537 g/mol. The Morgan fingerprint density at radius 2 is 1.68 bits per heavy atom. The minimum atomic E-state index is -1.36. The van der Waals surface area contributed by atoms with Crippen LogP contribution in [-0.2, 0) is 15.0 Å². The molecule has 0 radical (unpaired) electrons. The van der Waals surface area contributed by atoms with E-state index in [-0.39, 0.29) is 23.0 Å². The number of methoxy groups -OCH3 is 2. The van der Waals surface area contributed by atoms with Crippen LogP contribution in [-0.4, -0.2) is 43.8 Å². The van der Waals surface area contributed by atoms with Crippen molar-refractivity contribution in [3.8, 4) is 11.5 Å². The SMILES string of the molecule is COc1ccc(OC)c(C(=O)[C@H]2[C@@H](C(=O)C(C)(C)C)N3c4ccccc4C=C[C@@H]3[C@@]23C(=O)Nc2ccccc23)c1. The fraction of sp³-hybridized carbons (Fsp3) is 0.303. The molecule has 1 saturated heterocycles. The monoisotopic (exact) mass is 536 g/mol. The van der Waals surface area contributed by atoms with Crippen molar-refractivity contribution in [2.24, 2.45) is 11.3 Å². The molecule has 0 bridgehead atoms. The minimum absolute atomic E-state index is 0.114. The number of Topliss-reactive ketones (excluding diaryl/α,β-unsaturated/α-hetero) is 2. The van der Waals surface area contributed by atoms with E-state index in [4.69, 9.17) is 9.47 Å². The van der Waals surface area contributed by atoms with E-state index in [1.807, 2.05) is 86.4 Å². The van der Waals surface area contributed by atoms with Crippen LogP contribution in [0.3, 0.4) is 0 Å². The van der Waals surface area contributed by atoms with E-state index in [1.54, 1.807) is 18.2 Å². The Morgan fingerprint density at radius 1 is 0.950 bits per heavy atom. The van der Waals surface area contributed by atoms with Gasteiger partial charge in [0, 0.05) is 16.8 Å². The van der Waals surface area contributed by atoms with Gasteiger partial charge in [0.1, 0.15) is 23.0 Å². The number of para-hydroxylation sites is 2. The molecule has 1 N–H and O–H groups in total. The minimum Gasteiger partial charge on any atom is -0.497 e. The highest BCUT2D eigenvalue weighted by Gasteiger charge is 2.71. The van der Waals surface area contributed by atoms with Crippen molar-refractivity contribution in [1.82, 2.24) is 0 Å². The summed E-state index contributed by atoms with van der Waals surface area (Å²) in [6.07, 6.45) is 3.97. The Kier molecular flexibility index (Phi) is 5.87. The highest BCUT2D eigenvalue weighted by molar-refractivity contribution is 6.17. The Bertz CT molecular complexity index is 1590. The van der Waals surface area contributed by atoms with Crippen molar-refractivity contribution in [3.05, 3.63) is 89.5 Å². The van der Waals surface area contributed by atoms with Gasteiger partial charge in [-0.25, -0.2) is 0 Å². The van der Waals surface area contributed by atoms with Gasteiger partial charge >= 0.3 is 0 Å². The van der Waals surface area contributed by atoms with Crippen LogP contribution in [0.1, 0.15) is 42.3 Å². The number of anilines is 2. The third kappa shape index (κ3) is 3.46. The maximum absolute atomic E-state index is 15.0. The number of ether oxygens (including phenoxy) is 2. The zero-order valence-corrected chi connectivity index (χ0v) is 23.2.